The minimum Gasteiger partial charge on any atom is -0.378 e. The predicted molar refractivity (Wildman–Crippen MR) is 87.2 cm³/mol. The van der Waals surface area contributed by atoms with Gasteiger partial charge in [-0.3, -0.25) is 9.59 Å². The Labute approximate surface area is 137 Å². The second-order valence-corrected chi connectivity index (χ2v) is 6.47. The van der Waals surface area contributed by atoms with Gasteiger partial charge in [-0.2, -0.15) is 0 Å². The molecular weight excluding hydrogens is 292 g/mol. The third kappa shape index (κ3) is 3.91. The van der Waals surface area contributed by atoms with Gasteiger partial charge in [-0.05, 0) is 31.4 Å². The molecule has 1 aromatic carbocycles. The van der Waals surface area contributed by atoms with Crippen LogP contribution in [0.15, 0.2) is 24.3 Å². The molecule has 124 valence electrons. The topological polar surface area (TPSA) is 49.9 Å². The van der Waals surface area contributed by atoms with Gasteiger partial charge in [0.2, 0.25) is 5.91 Å². The van der Waals surface area contributed by atoms with Crippen molar-refractivity contribution in [1.82, 2.24) is 9.80 Å². The normalized spacial score (nSPS) is 21.5. The molecule has 2 aliphatic heterocycles. The first kappa shape index (κ1) is 16.0. The SMILES string of the molecule is Cc1cccc(C(=O)N2CCC(CC(=O)N3CCOCC3)C2)c1. The van der Waals surface area contributed by atoms with E-state index in [-0.39, 0.29) is 17.7 Å². The van der Waals surface area contributed by atoms with Gasteiger partial charge in [0, 0.05) is 38.2 Å². The van der Waals surface area contributed by atoms with E-state index >= 15 is 0 Å². The van der Waals surface area contributed by atoms with Crippen LogP contribution in [0, 0.1) is 12.8 Å². The van der Waals surface area contributed by atoms with Crippen LogP contribution < -0.4 is 0 Å². The summed E-state index contributed by atoms with van der Waals surface area (Å²) in [4.78, 5) is 28.6. The Kier molecular flexibility index (Phi) is 4.96. The lowest BCUT2D eigenvalue weighted by atomic mass is 10.0. The first-order chi connectivity index (χ1) is 11.1. The van der Waals surface area contributed by atoms with Crippen molar-refractivity contribution in [2.75, 3.05) is 39.4 Å². The van der Waals surface area contributed by atoms with E-state index in [0.29, 0.717) is 39.3 Å². The third-order valence-electron chi connectivity index (χ3n) is 4.67. The lowest BCUT2D eigenvalue weighted by Crippen LogP contribution is -2.41. The molecule has 0 aromatic heterocycles. The zero-order chi connectivity index (χ0) is 16.2. The largest absolute Gasteiger partial charge is 0.378 e. The van der Waals surface area contributed by atoms with Gasteiger partial charge in [0.1, 0.15) is 0 Å². The number of benzene rings is 1. The number of amides is 2. The van der Waals surface area contributed by atoms with Crippen LogP contribution in [-0.4, -0.2) is 61.0 Å². The van der Waals surface area contributed by atoms with Crippen LogP contribution in [0.25, 0.3) is 0 Å². The van der Waals surface area contributed by atoms with E-state index in [9.17, 15) is 9.59 Å². The molecule has 0 radical (unpaired) electrons. The van der Waals surface area contributed by atoms with Crippen molar-refractivity contribution in [2.45, 2.75) is 19.8 Å². The van der Waals surface area contributed by atoms with Crippen molar-refractivity contribution in [1.29, 1.82) is 0 Å². The minimum atomic E-state index is 0.0787. The molecular formula is C18H24N2O3. The molecule has 0 spiro atoms. The van der Waals surface area contributed by atoms with Gasteiger partial charge in [0.25, 0.3) is 5.91 Å². The smallest absolute Gasteiger partial charge is 0.253 e. The van der Waals surface area contributed by atoms with Crippen molar-refractivity contribution < 1.29 is 14.3 Å². The summed E-state index contributed by atoms with van der Waals surface area (Å²) < 4.78 is 5.28. The molecule has 1 atom stereocenters. The molecule has 2 amide bonds. The lowest BCUT2D eigenvalue weighted by Gasteiger charge is -2.27. The highest BCUT2D eigenvalue weighted by Crippen LogP contribution is 2.23. The van der Waals surface area contributed by atoms with Gasteiger partial charge in [0.15, 0.2) is 0 Å². The fourth-order valence-electron chi connectivity index (χ4n) is 3.33. The van der Waals surface area contributed by atoms with E-state index in [1.54, 1.807) is 0 Å². The van der Waals surface area contributed by atoms with Gasteiger partial charge < -0.3 is 14.5 Å². The average Bonchev–Trinajstić information content (AvgIpc) is 3.03. The second-order valence-electron chi connectivity index (χ2n) is 6.47. The van der Waals surface area contributed by atoms with Crippen molar-refractivity contribution in [3.8, 4) is 0 Å². The minimum absolute atomic E-state index is 0.0787. The summed E-state index contributed by atoms with van der Waals surface area (Å²) in [5, 5.41) is 0. The highest BCUT2D eigenvalue weighted by Gasteiger charge is 2.30. The highest BCUT2D eigenvalue weighted by molar-refractivity contribution is 5.94. The molecule has 0 aliphatic carbocycles. The van der Waals surface area contributed by atoms with Gasteiger partial charge in [-0.15, -0.1) is 0 Å². The molecule has 23 heavy (non-hydrogen) atoms. The summed E-state index contributed by atoms with van der Waals surface area (Å²) in [5.41, 5.74) is 1.83. The van der Waals surface area contributed by atoms with Gasteiger partial charge in [-0.25, -0.2) is 0 Å². The molecule has 1 aromatic rings. The van der Waals surface area contributed by atoms with E-state index in [0.717, 1.165) is 24.1 Å². The maximum absolute atomic E-state index is 12.5. The average molecular weight is 316 g/mol. The Bertz CT molecular complexity index is 581. The number of nitrogens with zero attached hydrogens (tertiary/aromatic N) is 2. The zero-order valence-corrected chi connectivity index (χ0v) is 13.7. The molecule has 0 bridgehead atoms. The van der Waals surface area contributed by atoms with Crippen LogP contribution >= 0.6 is 0 Å². The predicted octanol–water partition coefficient (Wildman–Crippen LogP) is 1.71. The van der Waals surface area contributed by atoms with Crippen molar-refractivity contribution in [3.63, 3.8) is 0 Å². The van der Waals surface area contributed by atoms with Crippen molar-refractivity contribution >= 4 is 11.8 Å². The van der Waals surface area contributed by atoms with E-state index < -0.39 is 0 Å². The number of carbonyl (C=O) groups is 2. The molecule has 3 rings (SSSR count). The summed E-state index contributed by atoms with van der Waals surface area (Å²) >= 11 is 0. The monoisotopic (exact) mass is 316 g/mol. The van der Waals surface area contributed by atoms with Gasteiger partial charge >= 0.3 is 0 Å². The maximum Gasteiger partial charge on any atom is 0.253 e. The Balaban J connectivity index is 1.53. The Morgan fingerprint density at radius 2 is 1.96 bits per heavy atom. The zero-order valence-electron chi connectivity index (χ0n) is 13.7. The van der Waals surface area contributed by atoms with E-state index in [2.05, 4.69) is 0 Å². The third-order valence-corrected chi connectivity index (χ3v) is 4.67. The first-order valence-corrected chi connectivity index (χ1v) is 8.35. The molecule has 2 heterocycles. The van der Waals surface area contributed by atoms with Crippen LogP contribution in [0.1, 0.15) is 28.8 Å². The van der Waals surface area contributed by atoms with Crippen molar-refractivity contribution in [2.24, 2.45) is 5.92 Å². The Hall–Kier alpha value is -1.88. The fraction of sp³-hybridized carbons (Fsp3) is 0.556. The molecule has 5 heteroatoms. The summed E-state index contributed by atoms with van der Waals surface area (Å²) in [6, 6.07) is 7.69. The molecule has 2 saturated heterocycles. The van der Waals surface area contributed by atoms with Crippen LogP contribution in [-0.2, 0) is 9.53 Å². The Morgan fingerprint density at radius 1 is 1.17 bits per heavy atom. The maximum atomic E-state index is 12.5. The first-order valence-electron chi connectivity index (χ1n) is 8.35. The van der Waals surface area contributed by atoms with Gasteiger partial charge in [0.05, 0.1) is 13.2 Å². The number of morpholine rings is 1. The standard InChI is InChI=1S/C18H24N2O3/c1-14-3-2-4-16(11-14)18(22)20-6-5-15(13-20)12-17(21)19-7-9-23-10-8-19/h2-4,11,15H,5-10,12-13H2,1H3. The van der Waals surface area contributed by atoms with Crippen LogP contribution in [0.5, 0.6) is 0 Å². The number of aryl methyl sites for hydroxylation is 1. The molecule has 1 unspecified atom stereocenters. The summed E-state index contributed by atoms with van der Waals surface area (Å²) in [6.45, 7) is 6.07. The van der Waals surface area contributed by atoms with E-state index in [1.807, 2.05) is 41.0 Å². The fourth-order valence-corrected chi connectivity index (χ4v) is 3.33. The Morgan fingerprint density at radius 3 is 2.70 bits per heavy atom. The van der Waals surface area contributed by atoms with E-state index in [4.69, 9.17) is 4.74 Å². The number of likely N-dealkylation sites (tertiary alicyclic amines) is 1. The summed E-state index contributed by atoms with van der Waals surface area (Å²) in [5.74, 6) is 0.553. The highest BCUT2D eigenvalue weighted by atomic mass is 16.5. The number of rotatable bonds is 3. The van der Waals surface area contributed by atoms with Crippen molar-refractivity contribution in [3.05, 3.63) is 35.4 Å². The molecule has 0 N–H and O–H groups in total. The van der Waals surface area contributed by atoms with E-state index in [1.165, 1.54) is 0 Å². The molecule has 2 fully saturated rings. The number of hydrogen-bond donors (Lipinski definition) is 0. The second kappa shape index (κ2) is 7.13. The number of ether oxygens (including phenoxy) is 1. The molecule has 2 aliphatic rings. The number of carbonyl (C=O) groups excluding carboxylic acids is 2. The van der Waals surface area contributed by atoms with Crippen LogP contribution in [0.4, 0.5) is 0 Å². The van der Waals surface area contributed by atoms with Gasteiger partial charge in [-0.1, -0.05) is 17.7 Å². The summed E-state index contributed by atoms with van der Waals surface area (Å²) in [7, 11) is 0. The quantitative estimate of drug-likeness (QED) is 0.853. The lowest BCUT2D eigenvalue weighted by molar-refractivity contribution is -0.136. The molecule has 0 saturated carbocycles. The number of hydrogen-bond acceptors (Lipinski definition) is 3. The van der Waals surface area contributed by atoms with Crippen LogP contribution in [0.3, 0.4) is 0 Å². The molecule has 5 nitrogen and oxygen atoms in total. The summed E-state index contributed by atoms with van der Waals surface area (Å²) in [6.07, 6.45) is 1.45. The van der Waals surface area contributed by atoms with Crippen LogP contribution in [0.2, 0.25) is 0 Å².